The molecular formula is C25H32N4O3. The molecule has 2 aromatic rings. The summed E-state index contributed by atoms with van der Waals surface area (Å²) in [6.07, 6.45) is 4.25. The number of amides is 2. The molecule has 1 atom stereocenters. The van der Waals surface area contributed by atoms with Gasteiger partial charge in [0.15, 0.2) is 11.5 Å². The van der Waals surface area contributed by atoms with Gasteiger partial charge in [-0.05, 0) is 68.0 Å². The zero-order chi connectivity index (χ0) is 22.5. The number of urea groups is 1. The molecule has 3 N–H and O–H groups in total. The van der Waals surface area contributed by atoms with Gasteiger partial charge in [0.05, 0.1) is 19.9 Å². The predicted molar refractivity (Wildman–Crippen MR) is 125 cm³/mol. The Morgan fingerprint density at radius 2 is 1.81 bits per heavy atom. The van der Waals surface area contributed by atoms with Gasteiger partial charge in [-0.3, -0.25) is 4.90 Å². The van der Waals surface area contributed by atoms with E-state index in [9.17, 15) is 4.79 Å². The molecule has 2 aliphatic rings. The van der Waals surface area contributed by atoms with E-state index in [0.29, 0.717) is 17.4 Å². The molecule has 170 valence electrons. The summed E-state index contributed by atoms with van der Waals surface area (Å²) in [6.45, 7) is 3.22. The average molecular weight is 437 g/mol. The Hall–Kier alpha value is -3.06. The van der Waals surface area contributed by atoms with Crippen molar-refractivity contribution in [2.75, 3.05) is 27.3 Å². The van der Waals surface area contributed by atoms with Gasteiger partial charge < -0.3 is 15.2 Å². The van der Waals surface area contributed by atoms with Crippen molar-refractivity contribution in [3.8, 4) is 11.5 Å². The van der Waals surface area contributed by atoms with E-state index < -0.39 is 6.03 Å². The van der Waals surface area contributed by atoms with Gasteiger partial charge in [-0.2, -0.15) is 5.10 Å². The van der Waals surface area contributed by atoms with Crippen molar-refractivity contribution in [1.82, 2.24) is 10.3 Å². The largest absolute Gasteiger partial charge is 0.493 e. The lowest BCUT2D eigenvalue weighted by molar-refractivity contribution is 0.167. The lowest BCUT2D eigenvalue weighted by atomic mass is 9.85. The van der Waals surface area contributed by atoms with E-state index in [1.807, 2.05) is 12.1 Å². The third-order valence-corrected chi connectivity index (χ3v) is 6.60. The molecule has 1 aliphatic carbocycles. The number of nitrogens with zero attached hydrogens (tertiary/aromatic N) is 2. The summed E-state index contributed by atoms with van der Waals surface area (Å²) >= 11 is 0. The van der Waals surface area contributed by atoms with Crippen LogP contribution in [0, 0.1) is 11.8 Å². The van der Waals surface area contributed by atoms with Crippen molar-refractivity contribution in [3.05, 3.63) is 59.2 Å². The van der Waals surface area contributed by atoms with E-state index in [1.54, 1.807) is 14.2 Å². The lowest BCUT2D eigenvalue weighted by Gasteiger charge is -2.33. The lowest BCUT2D eigenvalue weighted by Crippen LogP contribution is -2.34. The van der Waals surface area contributed by atoms with Crippen molar-refractivity contribution in [3.63, 3.8) is 0 Å². The van der Waals surface area contributed by atoms with Crippen molar-refractivity contribution >= 4 is 11.7 Å². The number of methoxy groups -OCH3 is 2. The van der Waals surface area contributed by atoms with Crippen LogP contribution in [-0.4, -0.2) is 44.0 Å². The smallest absolute Gasteiger partial charge is 0.332 e. The molecule has 2 amide bonds. The summed E-state index contributed by atoms with van der Waals surface area (Å²) in [6, 6.07) is 14.0. The van der Waals surface area contributed by atoms with Gasteiger partial charge in [-0.15, -0.1) is 0 Å². The molecular weight excluding hydrogens is 404 g/mol. The number of ether oxygens (including phenoxy) is 2. The zero-order valence-corrected chi connectivity index (χ0v) is 18.8. The number of nitrogens with two attached hydrogens (primary N) is 1. The number of likely N-dealkylation sites (tertiary alicyclic amines) is 1. The SMILES string of the molecule is COc1cc2c(cc1OC)/C(=N\NC(N)=O)C(CC1CCN(Cc3ccccc3)CC1)C2. The van der Waals surface area contributed by atoms with Gasteiger partial charge in [-0.25, -0.2) is 10.2 Å². The normalized spacial score (nSPS) is 20.2. The summed E-state index contributed by atoms with van der Waals surface area (Å²) in [5.41, 5.74) is 12.2. The molecule has 0 radical (unpaired) electrons. The molecule has 1 fully saturated rings. The van der Waals surface area contributed by atoms with E-state index in [1.165, 1.54) is 24.0 Å². The Labute approximate surface area is 189 Å². The summed E-state index contributed by atoms with van der Waals surface area (Å²) in [7, 11) is 3.27. The highest BCUT2D eigenvalue weighted by Crippen LogP contribution is 2.40. The second kappa shape index (κ2) is 10.0. The van der Waals surface area contributed by atoms with E-state index in [4.69, 9.17) is 15.2 Å². The topological polar surface area (TPSA) is 89.2 Å². The minimum atomic E-state index is -0.653. The van der Waals surface area contributed by atoms with Gasteiger partial charge in [-0.1, -0.05) is 30.3 Å². The molecule has 0 saturated carbocycles. The highest BCUT2D eigenvalue weighted by Gasteiger charge is 2.33. The van der Waals surface area contributed by atoms with Crippen molar-refractivity contribution in [2.45, 2.75) is 32.2 Å². The van der Waals surface area contributed by atoms with Crippen LogP contribution in [-0.2, 0) is 13.0 Å². The minimum Gasteiger partial charge on any atom is -0.493 e. The molecule has 1 heterocycles. The van der Waals surface area contributed by atoms with Crippen LogP contribution in [0.5, 0.6) is 11.5 Å². The van der Waals surface area contributed by atoms with Gasteiger partial charge in [0.25, 0.3) is 0 Å². The number of nitrogens with one attached hydrogen (secondary N) is 1. The van der Waals surface area contributed by atoms with E-state index >= 15 is 0 Å². The van der Waals surface area contributed by atoms with E-state index in [0.717, 1.165) is 43.8 Å². The number of carbonyl (C=O) groups excluding carboxylic acids is 1. The molecule has 4 rings (SSSR count). The van der Waals surface area contributed by atoms with Crippen molar-refractivity contribution in [1.29, 1.82) is 0 Å². The number of carbonyl (C=O) groups is 1. The number of piperidine rings is 1. The number of hydrazone groups is 1. The predicted octanol–water partition coefficient (Wildman–Crippen LogP) is 3.55. The van der Waals surface area contributed by atoms with E-state index in [-0.39, 0.29) is 5.92 Å². The van der Waals surface area contributed by atoms with Crippen LogP contribution in [0.2, 0.25) is 0 Å². The second-order valence-electron chi connectivity index (χ2n) is 8.68. The van der Waals surface area contributed by atoms with Crippen LogP contribution in [0.25, 0.3) is 0 Å². The second-order valence-corrected chi connectivity index (χ2v) is 8.68. The van der Waals surface area contributed by atoms with Crippen molar-refractivity contribution in [2.24, 2.45) is 22.7 Å². The maximum absolute atomic E-state index is 11.3. The maximum Gasteiger partial charge on any atom is 0.332 e. The van der Waals surface area contributed by atoms with Crippen LogP contribution in [0.15, 0.2) is 47.6 Å². The molecule has 2 aromatic carbocycles. The average Bonchev–Trinajstić information content (AvgIpc) is 3.14. The van der Waals surface area contributed by atoms with Crippen LogP contribution in [0.3, 0.4) is 0 Å². The molecule has 7 heteroatoms. The first-order valence-corrected chi connectivity index (χ1v) is 11.2. The summed E-state index contributed by atoms with van der Waals surface area (Å²) < 4.78 is 11.0. The van der Waals surface area contributed by atoms with Gasteiger partial charge in [0, 0.05) is 18.0 Å². The summed E-state index contributed by atoms with van der Waals surface area (Å²) in [5, 5.41) is 4.40. The number of hydrogen-bond acceptors (Lipinski definition) is 5. The van der Waals surface area contributed by atoms with E-state index in [2.05, 4.69) is 45.8 Å². The number of benzene rings is 2. The molecule has 7 nitrogen and oxygen atoms in total. The standard InChI is InChI=1S/C25H32N4O3/c1-31-22-14-19-13-20(24(27-28-25(26)30)21(19)15-23(22)32-2)12-17-8-10-29(11-9-17)16-18-6-4-3-5-7-18/h3-7,14-15,17,20H,8-13,16H2,1-2H3,(H3,26,28,30)/b27-24-. The Morgan fingerprint density at radius 1 is 1.12 bits per heavy atom. The Kier molecular flexibility index (Phi) is 6.95. The molecule has 0 spiro atoms. The number of rotatable bonds is 7. The molecule has 32 heavy (non-hydrogen) atoms. The van der Waals surface area contributed by atoms with Crippen LogP contribution < -0.4 is 20.6 Å². The fourth-order valence-electron chi connectivity index (χ4n) is 5.00. The third-order valence-electron chi connectivity index (χ3n) is 6.60. The Bertz CT molecular complexity index is 969. The fourth-order valence-corrected chi connectivity index (χ4v) is 5.00. The third kappa shape index (κ3) is 5.05. The molecule has 0 bridgehead atoms. The Morgan fingerprint density at radius 3 is 2.47 bits per heavy atom. The minimum absolute atomic E-state index is 0.235. The first kappa shape index (κ1) is 22.1. The van der Waals surface area contributed by atoms with Crippen LogP contribution >= 0.6 is 0 Å². The first-order valence-electron chi connectivity index (χ1n) is 11.2. The number of hydrogen-bond donors (Lipinski definition) is 2. The number of primary amides is 1. The highest BCUT2D eigenvalue weighted by molar-refractivity contribution is 6.07. The summed E-state index contributed by atoms with van der Waals surface area (Å²) in [4.78, 5) is 13.9. The Balaban J connectivity index is 1.44. The molecule has 1 unspecified atom stereocenters. The van der Waals surface area contributed by atoms with Gasteiger partial charge >= 0.3 is 6.03 Å². The first-order chi connectivity index (χ1) is 15.6. The van der Waals surface area contributed by atoms with Crippen LogP contribution in [0.4, 0.5) is 4.79 Å². The van der Waals surface area contributed by atoms with Crippen molar-refractivity contribution < 1.29 is 14.3 Å². The maximum atomic E-state index is 11.3. The number of fused-ring (bicyclic) bond motifs is 1. The summed E-state index contributed by atoms with van der Waals surface area (Å²) in [5.74, 6) is 2.24. The van der Waals surface area contributed by atoms with Crippen LogP contribution in [0.1, 0.15) is 36.0 Å². The zero-order valence-electron chi connectivity index (χ0n) is 18.8. The molecule has 1 saturated heterocycles. The van der Waals surface area contributed by atoms with Gasteiger partial charge in [0.1, 0.15) is 0 Å². The molecule has 0 aromatic heterocycles. The highest BCUT2D eigenvalue weighted by atomic mass is 16.5. The quantitative estimate of drug-likeness (QED) is 0.650. The monoisotopic (exact) mass is 436 g/mol. The fraction of sp³-hybridized carbons (Fsp3) is 0.440. The molecule has 1 aliphatic heterocycles. The van der Waals surface area contributed by atoms with Gasteiger partial charge in [0.2, 0.25) is 0 Å².